The second-order valence-electron chi connectivity index (χ2n) is 6.00. The van der Waals surface area contributed by atoms with Crippen LogP contribution in [-0.2, 0) is 0 Å². The SMILES string of the molecule is COc1ccccc1NC(=O)NCCNc1cc(N2CCCC2)cnn1. The molecule has 8 nitrogen and oxygen atoms in total. The first kappa shape index (κ1) is 17.8. The number of methoxy groups -OCH3 is 1. The van der Waals surface area contributed by atoms with Crippen molar-refractivity contribution in [1.29, 1.82) is 0 Å². The highest BCUT2D eigenvalue weighted by Crippen LogP contribution is 2.23. The van der Waals surface area contributed by atoms with E-state index in [1.165, 1.54) is 12.8 Å². The molecule has 1 aromatic heterocycles. The first-order valence-corrected chi connectivity index (χ1v) is 8.75. The van der Waals surface area contributed by atoms with Crippen LogP contribution in [0.5, 0.6) is 5.75 Å². The number of anilines is 3. The maximum Gasteiger partial charge on any atom is 0.319 e. The van der Waals surface area contributed by atoms with Crippen LogP contribution in [0.4, 0.5) is 22.0 Å². The summed E-state index contributed by atoms with van der Waals surface area (Å²) in [5.41, 5.74) is 1.71. The van der Waals surface area contributed by atoms with Gasteiger partial charge in [-0.25, -0.2) is 4.79 Å². The number of urea groups is 1. The number of hydrogen-bond donors (Lipinski definition) is 3. The van der Waals surface area contributed by atoms with Crippen LogP contribution in [-0.4, -0.2) is 49.5 Å². The summed E-state index contributed by atoms with van der Waals surface area (Å²) in [5.74, 6) is 1.33. The number of amides is 2. The molecule has 2 heterocycles. The van der Waals surface area contributed by atoms with E-state index in [0.29, 0.717) is 30.3 Å². The third-order valence-corrected chi connectivity index (χ3v) is 4.18. The van der Waals surface area contributed by atoms with Gasteiger partial charge in [-0.2, -0.15) is 5.10 Å². The van der Waals surface area contributed by atoms with E-state index in [-0.39, 0.29) is 6.03 Å². The molecule has 138 valence electrons. The summed E-state index contributed by atoms with van der Waals surface area (Å²) in [6, 6.07) is 8.98. The Morgan fingerprint density at radius 2 is 2.04 bits per heavy atom. The molecule has 2 aromatic rings. The van der Waals surface area contributed by atoms with Crippen LogP contribution in [0.25, 0.3) is 0 Å². The van der Waals surface area contributed by atoms with Crippen molar-refractivity contribution in [2.75, 3.05) is 48.8 Å². The third-order valence-electron chi connectivity index (χ3n) is 4.18. The first-order chi connectivity index (χ1) is 12.8. The molecule has 0 bridgehead atoms. The number of aromatic nitrogens is 2. The molecule has 2 amide bonds. The maximum absolute atomic E-state index is 12.0. The van der Waals surface area contributed by atoms with Gasteiger partial charge in [0.25, 0.3) is 0 Å². The second-order valence-corrected chi connectivity index (χ2v) is 6.00. The monoisotopic (exact) mass is 356 g/mol. The largest absolute Gasteiger partial charge is 0.495 e. The van der Waals surface area contributed by atoms with Crippen molar-refractivity contribution in [2.24, 2.45) is 0 Å². The van der Waals surface area contributed by atoms with Crippen molar-refractivity contribution in [2.45, 2.75) is 12.8 Å². The Labute approximate surface area is 152 Å². The highest BCUT2D eigenvalue weighted by Gasteiger charge is 2.13. The number of nitrogens with zero attached hydrogens (tertiary/aromatic N) is 3. The van der Waals surface area contributed by atoms with Crippen LogP contribution in [0.3, 0.4) is 0 Å². The number of rotatable bonds is 7. The van der Waals surface area contributed by atoms with E-state index in [4.69, 9.17) is 4.74 Å². The topological polar surface area (TPSA) is 91.4 Å². The van der Waals surface area contributed by atoms with Gasteiger partial charge in [0.15, 0.2) is 5.82 Å². The lowest BCUT2D eigenvalue weighted by Crippen LogP contribution is -2.32. The maximum atomic E-state index is 12.0. The molecule has 1 aliphatic rings. The molecule has 1 saturated heterocycles. The zero-order valence-corrected chi connectivity index (χ0v) is 14.9. The number of para-hydroxylation sites is 2. The Kier molecular flexibility index (Phi) is 6.08. The zero-order valence-electron chi connectivity index (χ0n) is 14.9. The highest BCUT2D eigenvalue weighted by molar-refractivity contribution is 5.90. The summed E-state index contributed by atoms with van der Waals surface area (Å²) in [7, 11) is 1.57. The number of hydrogen-bond acceptors (Lipinski definition) is 6. The fourth-order valence-electron chi connectivity index (χ4n) is 2.87. The van der Waals surface area contributed by atoms with Crippen LogP contribution in [0.15, 0.2) is 36.5 Å². The molecule has 8 heteroatoms. The Bertz CT molecular complexity index is 733. The second kappa shape index (κ2) is 8.89. The van der Waals surface area contributed by atoms with Crippen LogP contribution < -0.4 is 25.6 Å². The smallest absolute Gasteiger partial charge is 0.319 e. The van der Waals surface area contributed by atoms with E-state index in [9.17, 15) is 4.79 Å². The van der Waals surface area contributed by atoms with E-state index < -0.39 is 0 Å². The van der Waals surface area contributed by atoms with Gasteiger partial charge in [0, 0.05) is 32.2 Å². The molecule has 0 saturated carbocycles. The van der Waals surface area contributed by atoms with E-state index in [1.54, 1.807) is 25.4 Å². The molecule has 3 rings (SSSR count). The molecule has 26 heavy (non-hydrogen) atoms. The molecular weight excluding hydrogens is 332 g/mol. The predicted octanol–water partition coefficient (Wildman–Crippen LogP) is 2.32. The minimum atomic E-state index is -0.284. The fourth-order valence-corrected chi connectivity index (χ4v) is 2.87. The van der Waals surface area contributed by atoms with Gasteiger partial charge in [0.2, 0.25) is 0 Å². The normalized spacial score (nSPS) is 13.3. The quantitative estimate of drug-likeness (QED) is 0.660. The van der Waals surface area contributed by atoms with Gasteiger partial charge in [-0.15, -0.1) is 5.10 Å². The fraction of sp³-hybridized carbons (Fsp3) is 0.389. The van der Waals surface area contributed by atoms with Crippen molar-refractivity contribution in [3.8, 4) is 5.75 Å². The average molecular weight is 356 g/mol. The number of nitrogens with one attached hydrogen (secondary N) is 3. The summed E-state index contributed by atoms with van der Waals surface area (Å²) in [4.78, 5) is 14.3. The average Bonchev–Trinajstić information content (AvgIpc) is 3.21. The molecule has 3 N–H and O–H groups in total. The van der Waals surface area contributed by atoms with Crippen molar-refractivity contribution in [1.82, 2.24) is 15.5 Å². The standard InChI is InChI=1S/C18H24N6O2/c1-26-16-7-3-2-6-15(16)22-18(25)20-9-8-19-17-12-14(13-21-23-17)24-10-4-5-11-24/h2-3,6-7,12-13H,4-5,8-11H2,1H3,(H,19,23)(H2,20,22,25). The molecule has 0 aliphatic carbocycles. The van der Waals surface area contributed by atoms with E-state index in [1.807, 2.05) is 18.2 Å². The molecule has 0 atom stereocenters. The van der Waals surface area contributed by atoms with Crippen molar-refractivity contribution >= 4 is 23.2 Å². The van der Waals surface area contributed by atoms with E-state index in [2.05, 4.69) is 31.0 Å². The lowest BCUT2D eigenvalue weighted by molar-refractivity contribution is 0.252. The summed E-state index contributed by atoms with van der Waals surface area (Å²) in [6.45, 7) is 3.14. The van der Waals surface area contributed by atoms with Gasteiger partial charge in [0.1, 0.15) is 5.75 Å². The lowest BCUT2D eigenvalue weighted by Gasteiger charge is -2.17. The van der Waals surface area contributed by atoms with E-state index in [0.717, 1.165) is 18.8 Å². The number of carbonyl (C=O) groups is 1. The van der Waals surface area contributed by atoms with Crippen LogP contribution in [0.2, 0.25) is 0 Å². The number of carbonyl (C=O) groups excluding carboxylic acids is 1. The number of ether oxygens (including phenoxy) is 1. The highest BCUT2D eigenvalue weighted by atomic mass is 16.5. The summed E-state index contributed by atoms with van der Waals surface area (Å²) in [5, 5.41) is 16.9. The Morgan fingerprint density at radius 3 is 2.85 bits per heavy atom. The molecule has 1 aromatic carbocycles. The van der Waals surface area contributed by atoms with Crippen molar-refractivity contribution < 1.29 is 9.53 Å². The molecule has 0 radical (unpaired) electrons. The van der Waals surface area contributed by atoms with Crippen LogP contribution in [0, 0.1) is 0 Å². The van der Waals surface area contributed by atoms with Gasteiger partial charge in [-0.3, -0.25) is 0 Å². The Balaban J connectivity index is 1.42. The third kappa shape index (κ3) is 4.75. The first-order valence-electron chi connectivity index (χ1n) is 8.75. The van der Waals surface area contributed by atoms with Gasteiger partial charge in [-0.05, 0) is 25.0 Å². The molecule has 0 spiro atoms. The predicted molar refractivity (Wildman–Crippen MR) is 102 cm³/mol. The Hall–Kier alpha value is -3.03. The van der Waals surface area contributed by atoms with E-state index >= 15 is 0 Å². The summed E-state index contributed by atoms with van der Waals surface area (Å²) in [6.07, 6.45) is 4.22. The Morgan fingerprint density at radius 1 is 1.23 bits per heavy atom. The van der Waals surface area contributed by atoms with Gasteiger partial charge < -0.3 is 25.6 Å². The van der Waals surface area contributed by atoms with Crippen molar-refractivity contribution in [3.63, 3.8) is 0 Å². The van der Waals surface area contributed by atoms with Gasteiger partial charge in [0.05, 0.1) is 24.7 Å². The zero-order chi connectivity index (χ0) is 18.2. The minimum absolute atomic E-state index is 0.284. The van der Waals surface area contributed by atoms with Crippen LogP contribution >= 0.6 is 0 Å². The molecular formula is C18H24N6O2. The molecule has 1 aliphatic heterocycles. The van der Waals surface area contributed by atoms with Gasteiger partial charge >= 0.3 is 6.03 Å². The lowest BCUT2D eigenvalue weighted by atomic mass is 10.3. The van der Waals surface area contributed by atoms with Crippen molar-refractivity contribution in [3.05, 3.63) is 36.5 Å². The molecule has 1 fully saturated rings. The summed E-state index contributed by atoms with van der Waals surface area (Å²) < 4.78 is 5.21. The summed E-state index contributed by atoms with van der Waals surface area (Å²) >= 11 is 0. The molecule has 0 unspecified atom stereocenters. The van der Waals surface area contributed by atoms with Gasteiger partial charge in [-0.1, -0.05) is 12.1 Å². The van der Waals surface area contributed by atoms with Crippen LogP contribution in [0.1, 0.15) is 12.8 Å². The number of benzene rings is 1. The minimum Gasteiger partial charge on any atom is -0.495 e.